The zero-order valence-electron chi connectivity index (χ0n) is 10.8. The molecule has 1 heterocycles. The smallest absolute Gasteiger partial charge is 0.337 e. The number of rotatable bonds is 6. The maximum Gasteiger partial charge on any atom is 0.337 e. The third-order valence-electron chi connectivity index (χ3n) is 3.52. The van der Waals surface area contributed by atoms with E-state index in [-0.39, 0.29) is 11.5 Å². The van der Waals surface area contributed by atoms with Crippen LogP contribution in [-0.2, 0) is 4.79 Å². The van der Waals surface area contributed by atoms with E-state index in [0.29, 0.717) is 12.2 Å². The van der Waals surface area contributed by atoms with Crippen LogP contribution in [-0.4, -0.2) is 22.0 Å². The number of nitrogens with one attached hydrogen (secondary N) is 1. The topological polar surface area (TPSA) is 79.3 Å². The normalized spacial score (nSPS) is 14.7. The van der Waals surface area contributed by atoms with Gasteiger partial charge in [-0.15, -0.1) is 0 Å². The number of amides is 1. The standard InChI is InChI=1S/C14H18N2O3/c17-13(6-2-5-10-3-1-4-10)16-12-8-7-11(9-15-12)14(18)19/h7-10H,1-6H2,(H,18,19)(H,15,16,17). The highest BCUT2D eigenvalue weighted by molar-refractivity contribution is 5.91. The van der Waals surface area contributed by atoms with Gasteiger partial charge in [0.15, 0.2) is 0 Å². The molecule has 0 saturated heterocycles. The Morgan fingerprint density at radius 3 is 2.68 bits per heavy atom. The van der Waals surface area contributed by atoms with Crippen LogP contribution in [0.1, 0.15) is 48.9 Å². The maximum absolute atomic E-state index is 11.7. The number of aromatic nitrogens is 1. The van der Waals surface area contributed by atoms with Crippen LogP contribution >= 0.6 is 0 Å². The molecule has 19 heavy (non-hydrogen) atoms. The Balaban J connectivity index is 1.73. The van der Waals surface area contributed by atoms with Crippen molar-refractivity contribution in [1.82, 2.24) is 4.98 Å². The first-order chi connectivity index (χ1) is 9.15. The highest BCUT2D eigenvalue weighted by Gasteiger charge is 2.17. The van der Waals surface area contributed by atoms with Crippen LogP contribution < -0.4 is 5.32 Å². The molecular formula is C14H18N2O3. The summed E-state index contributed by atoms with van der Waals surface area (Å²) in [6, 6.07) is 2.94. The van der Waals surface area contributed by atoms with Crippen molar-refractivity contribution in [2.45, 2.75) is 38.5 Å². The fraction of sp³-hybridized carbons (Fsp3) is 0.500. The Morgan fingerprint density at radius 2 is 2.16 bits per heavy atom. The number of aromatic carboxylic acids is 1. The van der Waals surface area contributed by atoms with Gasteiger partial charge in [-0.2, -0.15) is 0 Å². The van der Waals surface area contributed by atoms with Gasteiger partial charge in [0.05, 0.1) is 5.56 Å². The molecular weight excluding hydrogens is 244 g/mol. The minimum atomic E-state index is -1.02. The van der Waals surface area contributed by atoms with Gasteiger partial charge < -0.3 is 10.4 Å². The highest BCUT2D eigenvalue weighted by Crippen LogP contribution is 2.30. The predicted molar refractivity (Wildman–Crippen MR) is 71.0 cm³/mol. The van der Waals surface area contributed by atoms with Crippen molar-refractivity contribution in [1.29, 1.82) is 0 Å². The molecule has 5 nitrogen and oxygen atoms in total. The molecule has 0 atom stereocenters. The molecule has 1 fully saturated rings. The Labute approximate surface area is 112 Å². The lowest BCUT2D eigenvalue weighted by Gasteiger charge is -2.24. The molecule has 0 aromatic carbocycles. The molecule has 0 aliphatic heterocycles. The van der Waals surface area contributed by atoms with E-state index in [1.807, 2.05) is 0 Å². The van der Waals surface area contributed by atoms with Crippen LogP contribution in [0.15, 0.2) is 18.3 Å². The molecule has 2 N–H and O–H groups in total. The van der Waals surface area contributed by atoms with Gasteiger partial charge in [0, 0.05) is 12.6 Å². The van der Waals surface area contributed by atoms with Gasteiger partial charge in [0.25, 0.3) is 0 Å². The average molecular weight is 262 g/mol. The summed E-state index contributed by atoms with van der Waals surface area (Å²) in [5, 5.41) is 11.4. The van der Waals surface area contributed by atoms with Gasteiger partial charge in [0.2, 0.25) is 5.91 Å². The quantitative estimate of drug-likeness (QED) is 0.826. The van der Waals surface area contributed by atoms with E-state index in [0.717, 1.165) is 18.8 Å². The SMILES string of the molecule is O=C(CCCC1CCC1)Nc1ccc(C(=O)O)cn1. The van der Waals surface area contributed by atoms with Crippen LogP contribution in [0.5, 0.6) is 0 Å². The summed E-state index contributed by atoms with van der Waals surface area (Å²) in [7, 11) is 0. The number of nitrogens with zero attached hydrogens (tertiary/aromatic N) is 1. The number of carbonyl (C=O) groups excluding carboxylic acids is 1. The van der Waals surface area contributed by atoms with Crippen molar-refractivity contribution in [3.63, 3.8) is 0 Å². The number of carboxylic acids is 1. The minimum Gasteiger partial charge on any atom is -0.478 e. The first-order valence-corrected chi connectivity index (χ1v) is 6.64. The molecule has 0 radical (unpaired) electrons. The summed E-state index contributed by atoms with van der Waals surface area (Å²) in [4.78, 5) is 26.2. The number of hydrogen-bond donors (Lipinski definition) is 2. The van der Waals surface area contributed by atoms with Crippen molar-refractivity contribution >= 4 is 17.7 Å². The summed E-state index contributed by atoms with van der Waals surface area (Å²) in [5.74, 6) is 0.139. The van der Waals surface area contributed by atoms with Crippen molar-refractivity contribution in [2.75, 3.05) is 5.32 Å². The molecule has 1 aromatic rings. The summed E-state index contributed by atoms with van der Waals surface area (Å²) < 4.78 is 0. The fourth-order valence-corrected chi connectivity index (χ4v) is 2.13. The lowest BCUT2D eigenvalue weighted by molar-refractivity contribution is -0.116. The van der Waals surface area contributed by atoms with Crippen molar-refractivity contribution in [2.24, 2.45) is 5.92 Å². The second-order valence-corrected chi connectivity index (χ2v) is 4.97. The van der Waals surface area contributed by atoms with Crippen LogP contribution in [0, 0.1) is 5.92 Å². The van der Waals surface area contributed by atoms with Crippen molar-refractivity contribution < 1.29 is 14.7 Å². The predicted octanol–water partition coefficient (Wildman–Crippen LogP) is 2.69. The van der Waals surface area contributed by atoms with Gasteiger partial charge in [0.1, 0.15) is 5.82 Å². The number of hydrogen-bond acceptors (Lipinski definition) is 3. The largest absolute Gasteiger partial charge is 0.478 e. The molecule has 1 aliphatic carbocycles. The van der Waals surface area contributed by atoms with E-state index in [9.17, 15) is 9.59 Å². The molecule has 1 saturated carbocycles. The molecule has 1 aromatic heterocycles. The van der Waals surface area contributed by atoms with Gasteiger partial charge in [-0.1, -0.05) is 19.3 Å². The zero-order chi connectivity index (χ0) is 13.7. The van der Waals surface area contributed by atoms with Gasteiger partial charge in [-0.3, -0.25) is 4.79 Å². The number of pyridine rings is 1. The third kappa shape index (κ3) is 4.05. The van der Waals surface area contributed by atoms with E-state index >= 15 is 0 Å². The number of carbonyl (C=O) groups is 2. The second-order valence-electron chi connectivity index (χ2n) is 4.97. The van der Waals surface area contributed by atoms with Crippen LogP contribution in [0.3, 0.4) is 0 Å². The van der Waals surface area contributed by atoms with Crippen molar-refractivity contribution in [3.8, 4) is 0 Å². The molecule has 0 bridgehead atoms. The van der Waals surface area contributed by atoms with Gasteiger partial charge in [-0.25, -0.2) is 9.78 Å². The Morgan fingerprint density at radius 1 is 1.37 bits per heavy atom. The molecule has 1 amide bonds. The molecule has 2 rings (SSSR count). The van der Waals surface area contributed by atoms with E-state index in [1.165, 1.54) is 37.6 Å². The lowest BCUT2D eigenvalue weighted by atomic mass is 9.82. The first-order valence-electron chi connectivity index (χ1n) is 6.64. The molecule has 0 spiro atoms. The van der Waals surface area contributed by atoms with E-state index in [1.54, 1.807) is 0 Å². The number of carboxylic acid groups (broad SMARTS) is 1. The molecule has 1 aliphatic rings. The highest BCUT2D eigenvalue weighted by atomic mass is 16.4. The zero-order valence-corrected chi connectivity index (χ0v) is 10.8. The Bertz CT molecular complexity index is 452. The molecule has 0 unspecified atom stereocenters. The fourth-order valence-electron chi connectivity index (χ4n) is 2.13. The summed E-state index contributed by atoms with van der Waals surface area (Å²) >= 11 is 0. The minimum absolute atomic E-state index is 0.0603. The van der Waals surface area contributed by atoms with Crippen LogP contribution in [0.25, 0.3) is 0 Å². The second kappa shape index (κ2) is 6.31. The van der Waals surface area contributed by atoms with E-state index in [2.05, 4.69) is 10.3 Å². The monoisotopic (exact) mass is 262 g/mol. The molecule has 102 valence electrons. The average Bonchev–Trinajstić information content (AvgIpc) is 2.33. The maximum atomic E-state index is 11.7. The van der Waals surface area contributed by atoms with Gasteiger partial charge in [-0.05, 0) is 30.9 Å². The van der Waals surface area contributed by atoms with Crippen LogP contribution in [0.4, 0.5) is 5.82 Å². The summed E-state index contributed by atoms with van der Waals surface area (Å²) in [6.45, 7) is 0. The Kier molecular flexibility index (Phi) is 4.49. The summed E-state index contributed by atoms with van der Waals surface area (Å²) in [6.07, 6.45) is 7.71. The first kappa shape index (κ1) is 13.5. The number of anilines is 1. The molecule has 5 heteroatoms. The summed E-state index contributed by atoms with van der Waals surface area (Å²) in [5.41, 5.74) is 0.114. The third-order valence-corrected chi connectivity index (χ3v) is 3.52. The van der Waals surface area contributed by atoms with Crippen molar-refractivity contribution in [3.05, 3.63) is 23.9 Å². The van der Waals surface area contributed by atoms with E-state index in [4.69, 9.17) is 5.11 Å². The van der Waals surface area contributed by atoms with E-state index < -0.39 is 5.97 Å². The van der Waals surface area contributed by atoms with Gasteiger partial charge >= 0.3 is 5.97 Å². The lowest BCUT2D eigenvalue weighted by Crippen LogP contribution is -2.15. The Hall–Kier alpha value is -1.91. The van der Waals surface area contributed by atoms with Crippen LogP contribution in [0.2, 0.25) is 0 Å².